The molecule has 108 valence electrons. The van der Waals surface area contributed by atoms with Crippen LogP contribution in [0.4, 0.5) is 0 Å². The fourth-order valence-electron chi connectivity index (χ4n) is 1.94. The Morgan fingerprint density at radius 1 is 1.17 bits per heavy atom. The van der Waals surface area contributed by atoms with E-state index in [1.165, 1.54) is 0 Å². The first-order valence-corrected chi connectivity index (χ1v) is 7.21. The molecular formula is C14H30N2O2. The van der Waals surface area contributed by atoms with Gasteiger partial charge in [-0.05, 0) is 32.2 Å². The molecule has 0 bridgehead atoms. The summed E-state index contributed by atoms with van der Waals surface area (Å²) in [5, 5.41) is 12.3. The minimum absolute atomic E-state index is 0.0995. The highest BCUT2D eigenvalue weighted by molar-refractivity contribution is 5.75. The molecule has 4 heteroatoms. The highest BCUT2D eigenvalue weighted by atomic mass is 16.3. The number of nitrogens with two attached hydrogens (primary N) is 1. The fourth-order valence-corrected chi connectivity index (χ4v) is 1.94. The van der Waals surface area contributed by atoms with Crippen molar-refractivity contribution in [3.63, 3.8) is 0 Å². The Bertz CT molecular complexity index is 208. The number of amides is 1. The van der Waals surface area contributed by atoms with Crippen LogP contribution < -0.4 is 11.1 Å². The molecule has 0 aliphatic carbocycles. The quantitative estimate of drug-likeness (QED) is 0.495. The van der Waals surface area contributed by atoms with E-state index in [2.05, 4.69) is 19.2 Å². The van der Waals surface area contributed by atoms with Crippen LogP contribution in [0.1, 0.15) is 58.8 Å². The van der Waals surface area contributed by atoms with E-state index in [0.29, 0.717) is 13.0 Å². The lowest BCUT2D eigenvalue weighted by molar-refractivity contribution is -0.121. The topological polar surface area (TPSA) is 75.3 Å². The number of aliphatic hydroxyl groups excluding tert-OH is 1. The highest BCUT2D eigenvalue weighted by Gasteiger charge is 2.25. The van der Waals surface area contributed by atoms with Gasteiger partial charge in [-0.25, -0.2) is 0 Å². The van der Waals surface area contributed by atoms with Crippen molar-refractivity contribution in [2.75, 3.05) is 19.7 Å². The number of nitrogens with one attached hydrogen (secondary N) is 1. The number of hydrogen-bond donors (Lipinski definition) is 3. The number of aliphatic hydroxyl groups is 1. The maximum Gasteiger partial charge on any atom is 0.220 e. The molecule has 1 amide bonds. The largest absolute Gasteiger partial charge is 0.396 e. The van der Waals surface area contributed by atoms with Gasteiger partial charge in [0.05, 0.1) is 6.61 Å². The van der Waals surface area contributed by atoms with Gasteiger partial charge >= 0.3 is 0 Å². The third-order valence-corrected chi connectivity index (χ3v) is 3.85. The molecule has 18 heavy (non-hydrogen) atoms. The summed E-state index contributed by atoms with van der Waals surface area (Å²) < 4.78 is 0. The van der Waals surface area contributed by atoms with Gasteiger partial charge in [0.25, 0.3) is 0 Å². The summed E-state index contributed by atoms with van der Waals surface area (Å²) >= 11 is 0. The van der Waals surface area contributed by atoms with Crippen LogP contribution in [0.15, 0.2) is 0 Å². The van der Waals surface area contributed by atoms with Crippen molar-refractivity contribution in [2.45, 2.75) is 58.8 Å². The van der Waals surface area contributed by atoms with Gasteiger partial charge < -0.3 is 16.2 Å². The minimum atomic E-state index is -0.144. The lowest BCUT2D eigenvalue weighted by Crippen LogP contribution is -2.39. The number of hydrogen-bond acceptors (Lipinski definition) is 3. The van der Waals surface area contributed by atoms with Crippen molar-refractivity contribution in [1.29, 1.82) is 0 Å². The first-order valence-electron chi connectivity index (χ1n) is 7.21. The molecule has 0 aliphatic heterocycles. The second kappa shape index (κ2) is 10.3. The second-order valence-corrected chi connectivity index (χ2v) is 5.09. The van der Waals surface area contributed by atoms with Crippen LogP contribution >= 0.6 is 0 Å². The average molecular weight is 258 g/mol. The zero-order chi connectivity index (χ0) is 13.9. The maximum atomic E-state index is 11.7. The van der Waals surface area contributed by atoms with Gasteiger partial charge in [-0.15, -0.1) is 0 Å². The molecule has 0 saturated carbocycles. The summed E-state index contributed by atoms with van der Waals surface area (Å²) in [6.07, 6.45) is 6.50. The predicted octanol–water partition coefficient (Wildman–Crippen LogP) is 1.81. The average Bonchev–Trinajstić information content (AvgIpc) is 2.41. The Hall–Kier alpha value is -0.610. The number of unbranched alkanes of at least 4 members (excludes halogenated alkanes) is 3. The van der Waals surface area contributed by atoms with Crippen molar-refractivity contribution in [2.24, 2.45) is 11.1 Å². The predicted molar refractivity (Wildman–Crippen MR) is 75.2 cm³/mol. The van der Waals surface area contributed by atoms with E-state index < -0.39 is 0 Å². The Labute approximate surface area is 111 Å². The number of rotatable bonds is 11. The van der Waals surface area contributed by atoms with Gasteiger partial charge in [-0.2, -0.15) is 0 Å². The molecule has 0 spiro atoms. The molecule has 0 aliphatic rings. The van der Waals surface area contributed by atoms with Crippen LogP contribution in [-0.2, 0) is 4.79 Å². The van der Waals surface area contributed by atoms with Crippen molar-refractivity contribution >= 4 is 5.91 Å². The lowest BCUT2D eigenvalue weighted by atomic mass is 9.83. The zero-order valence-electron chi connectivity index (χ0n) is 12.0. The second-order valence-electron chi connectivity index (χ2n) is 5.09. The summed E-state index contributed by atoms with van der Waals surface area (Å²) in [6, 6.07) is 0. The molecule has 0 atom stereocenters. The zero-order valence-corrected chi connectivity index (χ0v) is 12.0. The monoisotopic (exact) mass is 258 g/mol. The summed E-state index contributed by atoms with van der Waals surface area (Å²) in [5.74, 6) is 0.0995. The van der Waals surface area contributed by atoms with Crippen LogP contribution in [0.5, 0.6) is 0 Å². The molecule has 4 nitrogen and oxygen atoms in total. The van der Waals surface area contributed by atoms with E-state index in [1.807, 2.05) is 0 Å². The van der Waals surface area contributed by atoms with Gasteiger partial charge in [0.15, 0.2) is 0 Å². The Morgan fingerprint density at radius 2 is 1.78 bits per heavy atom. The molecule has 0 aromatic rings. The van der Waals surface area contributed by atoms with Crippen LogP contribution in [-0.4, -0.2) is 30.7 Å². The van der Waals surface area contributed by atoms with E-state index in [0.717, 1.165) is 45.1 Å². The molecule has 0 heterocycles. The SMILES string of the molecule is CCC(CC)(CO)CNC(=O)CCCCCCN. The molecule has 0 saturated heterocycles. The van der Waals surface area contributed by atoms with Gasteiger partial charge in [-0.1, -0.05) is 26.7 Å². The molecular weight excluding hydrogens is 228 g/mol. The first-order chi connectivity index (χ1) is 8.64. The highest BCUT2D eigenvalue weighted by Crippen LogP contribution is 2.24. The molecule has 0 aromatic heterocycles. The normalized spacial score (nSPS) is 11.6. The van der Waals surface area contributed by atoms with Gasteiger partial charge in [0, 0.05) is 18.4 Å². The van der Waals surface area contributed by atoms with Gasteiger partial charge in [0.1, 0.15) is 0 Å². The van der Waals surface area contributed by atoms with Crippen molar-refractivity contribution < 1.29 is 9.90 Å². The summed E-state index contributed by atoms with van der Waals surface area (Å²) in [4.78, 5) is 11.7. The maximum absolute atomic E-state index is 11.7. The molecule has 0 fully saturated rings. The Morgan fingerprint density at radius 3 is 2.28 bits per heavy atom. The van der Waals surface area contributed by atoms with Crippen LogP contribution in [0.2, 0.25) is 0 Å². The van der Waals surface area contributed by atoms with Crippen LogP contribution in [0.25, 0.3) is 0 Å². The number of carbonyl (C=O) groups is 1. The molecule has 4 N–H and O–H groups in total. The van der Waals surface area contributed by atoms with Crippen molar-refractivity contribution in [3.8, 4) is 0 Å². The third kappa shape index (κ3) is 6.97. The first kappa shape index (κ1) is 17.4. The van der Waals surface area contributed by atoms with Gasteiger partial charge in [-0.3, -0.25) is 4.79 Å². The van der Waals surface area contributed by atoms with Crippen molar-refractivity contribution in [3.05, 3.63) is 0 Å². The van der Waals surface area contributed by atoms with E-state index in [1.54, 1.807) is 0 Å². The Balaban J connectivity index is 3.74. The van der Waals surface area contributed by atoms with Gasteiger partial charge in [0.2, 0.25) is 5.91 Å². The smallest absolute Gasteiger partial charge is 0.220 e. The van der Waals surface area contributed by atoms with E-state index in [4.69, 9.17) is 5.73 Å². The minimum Gasteiger partial charge on any atom is -0.396 e. The molecule has 0 rings (SSSR count). The lowest BCUT2D eigenvalue weighted by Gasteiger charge is -2.29. The standard InChI is InChI=1S/C14H30N2O2/c1-3-14(4-2,12-17)11-16-13(18)9-7-5-6-8-10-15/h17H,3-12,15H2,1-2H3,(H,16,18). The van der Waals surface area contributed by atoms with Crippen molar-refractivity contribution in [1.82, 2.24) is 5.32 Å². The van der Waals surface area contributed by atoms with E-state index in [-0.39, 0.29) is 17.9 Å². The summed E-state index contributed by atoms with van der Waals surface area (Å²) in [5.41, 5.74) is 5.27. The van der Waals surface area contributed by atoms with Crippen LogP contribution in [0.3, 0.4) is 0 Å². The molecule has 0 unspecified atom stereocenters. The summed E-state index contributed by atoms with van der Waals surface area (Å²) in [7, 11) is 0. The van der Waals surface area contributed by atoms with Crippen LogP contribution in [0, 0.1) is 5.41 Å². The van der Waals surface area contributed by atoms with E-state index in [9.17, 15) is 9.90 Å². The summed E-state index contributed by atoms with van der Waals surface area (Å²) in [6.45, 7) is 5.56. The Kier molecular flexibility index (Phi) is 9.98. The molecule has 0 aromatic carbocycles. The molecule has 0 radical (unpaired) electrons. The third-order valence-electron chi connectivity index (χ3n) is 3.85. The van der Waals surface area contributed by atoms with E-state index >= 15 is 0 Å². The fraction of sp³-hybridized carbons (Fsp3) is 0.929. The number of carbonyl (C=O) groups excluding carboxylic acids is 1.